The van der Waals surface area contributed by atoms with E-state index in [0.717, 1.165) is 32.5 Å². The molecule has 0 radical (unpaired) electrons. The van der Waals surface area contributed by atoms with Crippen LogP contribution < -0.4 is 10.6 Å². The van der Waals surface area contributed by atoms with Crippen molar-refractivity contribution in [3.8, 4) is 0 Å². The summed E-state index contributed by atoms with van der Waals surface area (Å²) < 4.78 is 0. The van der Waals surface area contributed by atoms with Gasteiger partial charge in [-0.1, -0.05) is 0 Å². The van der Waals surface area contributed by atoms with Crippen LogP contribution in [0.1, 0.15) is 12.8 Å². The monoisotopic (exact) mass is 280 g/mol. The first-order valence-electron chi connectivity index (χ1n) is 6.63. The third kappa shape index (κ3) is 3.13. The van der Waals surface area contributed by atoms with Crippen molar-refractivity contribution < 1.29 is 4.92 Å². The lowest BCUT2D eigenvalue weighted by atomic mass is 9.97. The van der Waals surface area contributed by atoms with Crippen LogP contribution in [0.3, 0.4) is 0 Å². The Morgan fingerprint density at radius 3 is 2.75 bits per heavy atom. The highest BCUT2D eigenvalue weighted by atomic mass is 16.6. The van der Waals surface area contributed by atoms with E-state index < -0.39 is 4.92 Å². The molecule has 1 aliphatic rings. The molecule has 110 valence electrons. The van der Waals surface area contributed by atoms with Crippen molar-refractivity contribution in [2.24, 2.45) is 5.92 Å². The van der Waals surface area contributed by atoms with E-state index in [1.54, 1.807) is 0 Å². The summed E-state index contributed by atoms with van der Waals surface area (Å²) in [7, 11) is 3.92. The minimum absolute atomic E-state index is 0.0878. The molecular formula is C12H20N6O2. The van der Waals surface area contributed by atoms with Crippen LogP contribution in [0.15, 0.2) is 6.33 Å². The molecule has 2 N–H and O–H groups in total. The van der Waals surface area contributed by atoms with Crippen LogP contribution in [0.2, 0.25) is 0 Å². The van der Waals surface area contributed by atoms with Gasteiger partial charge in [-0.3, -0.25) is 10.1 Å². The topological polar surface area (TPSA) is 101 Å². The summed E-state index contributed by atoms with van der Waals surface area (Å²) >= 11 is 0. The molecule has 0 aliphatic carbocycles. The first kappa shape index (κ1) is 14.4. The molecule has 1 aliphatic heterocycles. The van der Waals surface area contributed by atoms with Gasteiger partial charge in [0.05, 0.1) is 4.92 Å². The predicted molar refractivity (Wildman–Crippen MR) is 76.6 cm³/mol. The maximum atomic E-state index is 11.1. The number of anilines is 2. The molecule has 8 nitrogen and oxygen atoms in total. The van der Waals surface area contributed by atoms with E-state index in [1.807, 2.05) is 11.9 Å². The predicted octanol–water partition coefficient (Wildman–Crippen LogP) is 0.745. The number of nitrogens with two attached hydrogens (primary N) is 1. The SMILES string of the molecule is CN1CCC(CN(C)c2ncnc(N)c2[N+](=O)[O-])CC1. The lowest BCUT2D eigenvalue weighted by Gasteiger charge is -2.31. The molecule has 1 fully saturated rings. The van der Waals surface area contributed by atoms with Gasteiger partial charge in [0, 0.05) is 13.6 Å². The summed E-state index contributed by atoms with van der Waals surface area (Å²) in [6.07, 6.45) is 3.45. The molecule has 0 amide bonds. The third-order valence-corrected chi connectivity index (χ3v) is 3.75. The Kier molecular flexibility index (Phi) is 4.33. The maximum absolute atomic E-state index is 11.1. The van der Waals surface area contributed by atoms with Crippen molar-refractivity contribution in [3.63, 3.8) is 0 Å². The van der Waals surface area contributed by atoms with Gasteiger partial charge in [0.15, 0.2) is 0 Å². The smallest absolute Gasteiger partial charge is 0.353 e. The average Bonchev–Trinajstić information content (AvgIpc) is 2.40. The maximum Gasteiger partial charge on any atom is 0.353 e. The summed E-state index contributed by atoms with van der Waals surface area (Å²) in [5.41, 5.74) is 5.38. The molecule has 1 aromatic heterocycles. The molecule has 0 bridgehead atoms. The van der Waals surface area contributed by atoms with Gasteiger partial charge in [0.25, 0.3) is 0 Å². The fraction of sp³-hybridized carbons (Fsp3) is 0.667. The second-order valence-electron chi connectivity index (χ2n) is 5.32. The van der Waals surface area contributed by atoms with E-state index in [-0.39, 0.29) is 11.5 Å². The quantitative estimate of drug-likeness (QED) is 0.641. The van der Waals surface area contributed by atoms with Crippen molar-refractivity contribution in [3.05, 3.63) is 16.4 Å². The Labute approximate surface area is 117 Å². The largest absolute Gasteiger partial charge is 0.378 e. The number of nitro groups is 1. The number of nitrogens with zero attached hydrogens (tertiary/aromatic N) is 5. The second-order valence-corrected chi connectivity index (χ2v) is 5.32. The highest BCUT2D eigenvalue weighted by molar-refractivity contribution is 5.68. The number of piperidine rings is 1. The summed E-state index contributed by atoms with van der Waals surface area (Å²) in [5, 5.41) is 11.1. The van der Waals surface area contributed by atoms with Crippen LogP contribution in [0.25, 0.3) is 0 Å². The Balaban J connectivity index is 2.11. The van der Waals surface area contributed by atoms with Crippen molar-refractivity contribution in [2.75, 3.05) is 44.4 Å². The molecule has 1 saturated heterocycles. The summed E-state index contributed by atoms with van der Waals surface area (Å²) in [4.78, 5) is 22.4. The Hall–Kier alpha value is -1.96. The van der Waals surface area contributed by atoms with Gasteiger partial charge in [-0.05, 0) is 38.9 Å². The Morgan fingerprint density at radius 2 is 2.15 bits per heavy atom. The molecule has 0 saturated carbocycles. The molecule has 2 rings (SSSR count). The van der Waals surface area contributed by atoms with Crippen molar-refractivity contribution in [1.29, 1.82) is 0 Å². The average molecular weight is 280 g/mol. The lowest BCUT2D eigenvalue weighted by molar-refractivity contribution is -0.383. The van der Waals surface area contributed by atoms with Gasteiger partial charge in [0.2, 0.25) is 11.6 Å². The van der Waals surface area contributed by atoms with Crippen LogP contribution in [-0.4, -0.2) is 53.5 Å². The normalized spacial score (nSPS) is 17.1. The third-order valence-electron chi connectivity index (χ3n) is 3.75. The van der Waals surface area contributed by atoms with E-state index in [2.05, 4.69) is 21.9 Å². The lowest BCUT2D eigenvalue weighted by Crippen LogP contribution is -2.36. The van der Waals surface area contributed by atoms with Crippen LogP contribution in [-0.2, 0) is 0 Å². The van der Waals surface area contributed by atoms with Crippen molar-refractivity contribution in [2.45, 2.75) is 12.8 Å². The van der Waals surface area contributed by atoms with Gasteiger partial charge >= 0.3 is 5.69 Å². The molecule has 0 spiro atoms. The number of nitrogen functional groups attached to an aromatic ring is 1. The Morgan fingerprint density at radius 1 is 1.50 bits per heavy atom. The highest BCUT2D eigenvalue weighted by Gasteiger charge is 2.26. The number of aromatic nitrogens is 2. The molecule has 0 aromatic carbocycles. The van der Waals surface area contributed by atoms with E-state index in [1.165, 1.54) is 6.33 Å². The number of hydrogen-bond donors (Lipinski definition) is 1. The van der Waals surface area contributed by atoms with Crippen LogP contribution in [0.5, 0.6) is 0 Å². The standard InChI is InChI=1S/C12H20N6O2/c1-16-5-3-9(4-6-16)7-17(2)12-10(18(19)20)11(13)14-8-15-12/h8-9H,3-7H2,1-2H3,(H2,13,14,15). The van der Waals surface area contributed by atoms with E-state index in [4.69, 9.17) is 5.73 Å². The van der Waals surface area contributed by atoms with E-state index in [9.17, 15) is 10.1 Å². The van der Waals surface area contributed by atoms with E-state index in [0.29, 0.717) is 11.7 Å². The number of rotatable bonds is 4. The minimum Gasteiger partial charge on any atom is -0.378 e. The minimum atomic E-state index is -0.518. The van der Waals surface area contributed by atoms with Gasteiger partial charge in [-0.2, -0.15) is 0 Å². The number of hydrogen-bond acceptors (Lipinski definition) is 7. The molecule has 8 heteroatoms. The van der Waals surface area contributed by atoms with Crippen LogP contribution in [0.4, 0.5) is 17.3 Å². The molecule has 0 atom stereocenters. The van der Waals surface area contributed by atoms with E-state index >= 15 is 0 Å². The van der Waals surface area contributed by atoms with Crippen molar-refractivity contribution in [1.82, 2.24) is 14.9 Å². The zero-order chi connectivity index (χ0) is 14.7. The molecule has 1 aromatic rings. The van der Waals surface area contributed by atoms with Gasteiger partial charge in [-0.15, -0.1) is 0 Å². The van der Waals surface area contributed by atoms with Crippen molar-refractivity contribution >= 4 is 17.3 Å². The zero-order valence-corrected chi connectivity index (χ0v) is 11.8. The first-order chi connectivity index (χ1) is 9.49. The molecule has 0 unspecified atom stereocenters. The fourth-order valence-corrected chi connectivity index (χ4v) is 2.56. The summed E-state index contributed by atoms with van der Waals surface area (Å²) in [6, 6.07) is 0. The van der Waals surface area contributed by atoms with Gasteiger partial charge < -0.3 is 15.5 Å². The highest BCUT2D eigenvalue weighted by Crippen LogP contribution is 2.30. The second kappa shape index (κ2) is 6.00. The summed E-state index contributed by atoms with van der Waals surface area (Å²) in [5.74, 6) is 0.726. The molecular weight excluding hydrogens is 260 g/mol. The van der Waals surface area contributed by atoms with Gasteiger partial charge in [0.1, 0.15) is 6.33 Å². The number of likely N-dealkylation sites (tertiary alicyclic amines) is 1. The van der Waals surface area contributed by atoms with Crippen LogP contribution in [0, 0.1) is 16.0 Å². The van der Waals surface area contributed by atoms with Crippen LogP contribution >= 0.6 is 0 Å². The first-order valence-corrected chi connectivity index (χ1v) is 6.63. The summed E-state index contributed by atoms with van der Waals surface area (Å²) in [6.45, 7) is 2.87. The van der Waals surface area contributed by atoms with Gasteiger partial charge in [-0.25, -0.2) is 9.97 Å². The Bertz CT molecular complexity index is 487. The zero-order valence-electron chi connectivity index (χ0n) is 11.8. The molecule has 20 heavy (non-hydrogen) atoms. The molecule has 2 heterocycles. The fourth-order valence-electron chi connectivity index (χ4n) is 2.56.